The van der Waals surface area contributed by atoms with Gasteiger partial charge in [0, 0.05) is 25.0 Å². The molecular formula is C17H18N8. The summed E-state index contributed by atoms with van der Waals surface area (Å²) in [7, 11) is 0. The lowest BCUT2D eigenvalue weighted by Crippen LogP contribution is -2.38. The third-order valence-electron chi connectivity index (χ3n) is 4.58. The molecule has 0 aliphatic carbocycles. The largest absolute Gasteiger partial charge is 0.350 e. The van der Waals surface area contributed by atoms with E-state index in [9.17, 15) is 0 Å². The number of hydrogen-bond donors (Lipinski definition) is 3. The maximum atomic E-state index is 4.68. The number of pyridine rings is 1. The van der Waals surface area contributed by atoms with Gasteiger partial charge in [0.2, 0.25) is 5.95 Å². The summed E-state index contributed by atoms with van der Waals surface area (Å²) in [5, 5.41) is 19.7. The van der Waals surface area contributed by atoms with Crippen LogP contribution >= 0.6 is 0 Å². The molecule has 0 spiro atoms. The molecule has 8 heteroatoms. The fraction of sp³-hybridized carbons (Fsp3) is 0.294. The Balaban J connectivity index is 1.54. The maximum Gasteiger partial charge on any atom is 0.223 e. The number of aromatic nitrogens is 6. The summed E-state index contributed by atoms with van der Waals surface area (Å²) in [4.78, 5) is 9.04. The summed E-state index contributed by atoms with van der Waals surface area (Å²) in [6.45, 7) is 2.02. The van der Waals surface area contributed by atoms with Gasteiger partial charge >= 0.3 is 0 Å². The zero-order chi connectivity index (χ0) is 16.6. The van der Waals surface area contributed by atoms with Gasteiger partial charge in [-0.2, -0.15) is 5.10 Å². The van der Waals surface area contributed by atoms with Gasteiger partial charge in [0.1, 0.15) is 5.69 Å². The Kier molecular flexibility index (Phi) is 3.34. The average molecular weight is 334 g/mol. The molecule has 0 radical (unpaired) electrons. The van der Waals surface area contributed by atoms with Crippen molar-refractivity contribution in [3.05, 3.63) is 36.7 Å². The predicted molar refractivity (Wildman–Crippen MR) is 95.4 cm³/mol. The highest BCUT2D eigenvalue weighted by atomic mass is 15.3. The number of nitrogens with one attached hydrogen (secondary N) is 3. The van der Waals surface area contributed by atoms with Crippen LogP contribution in [0, 0.1) is 0 Å². The van der Waals surface area contributed by atoms with Gasteiger partial charge in [-0.25, -0.2) is 14.5 Å². The Bertz CT molecular complexity index is 1030. The first-order valence-corrected chi connectivity index (χ1v) is 8.50. The van der Waals surface area contributed by atoms with Gasteiger partial charge in [0.05, 0.1) is 16.6 Å². The highest BCUT2D eigenvalue weighted by Gasteiger charge is 2.18. The summed E-state index contributed by atoms with van der Waals surface area (Å²) in [6, 6.07) is 8.22. The van der Waals surface area contributed by atoms with E-state index in [1.165, 1.54) is 6.42 Å². The number of anilines is 1. The van der Waals surface area contributed by atoms with Gasteiger partial charge in [-0.05, 0) is 37.6 Å². The van der Waals surface area contributed by atoms with Crippen molar-refractivity contribution in [1.29, 1.82) is 0 Å². The topological polar surface area (TPSA) is 95.8 Å². The van der Waals surface area contributed by atoms with Crippen molar-refractivity contribution in [3.63, 3.8) is 0 Å². The second-order valence-electron chi connectivity index (χ2n) is 6.28. The molecule has 5 heterocycles. The number of piperidine rings is 1. The number of aromatic amines is 1. The Morgan fingerprint density at radius 2 is 2.24 bits per heavy atom. The quantitative estimate of drug-likeness (QED) is 0.529. The Labute approximate surface area is 143 Å². The van der Waals surface area contributed by atoms with Gasteiger partial charge in [-0.1, -0.05) is 6.07 Å². The molecule has 1 saturated heterocycles. The van der Waals surface area contributed by atoms with E-state index < -0.39 is 0 Å². The SMILES string of the molecule is c1ccn2nc3[nH]nc(-c4ccnc(N[C@H]5CCCNC5)n4)c3c2c1. The fourth-order valence-corrected chi connectivity index (χ4v) is 3.38. The first kappa shape index (κ1) is 14.4. The molecule has 3 N–H and O–H groups in total. The van der Waals surface area contributed by atoms with Gasteiger partial charge in [0.25, 0.3) is 0 Å². The van der Waals surface area contributed by atoms with E-state index >= 15 is 0 Å². The predicted octanol–water partition coefficient (Wildman–Crippen LogP) is 1.83. The second kappa shape index (κ2) is 5.82. The van der Waals surface area contributed by atoms with Crippen LogP contribution in [0.25, 0.3) is 27.9 Å². The van der Waals surface area contributed by atoms with E-state index in [4.69, 9.17) is 0 Å². The molecule has 4 aromatic heterocycles. The first-order valence-electron chi connectivity index (χ1n) is 8.50. The lowest BCUT2D eigenvalue weighted by atomic mass is 10.1. The zero-order valence-electron chi connectivity index (χ0n) is 13.6. The van der Waals surface area contributed by atoms with Crippen LogP contribution in [0.5, 0.6) is 0 Å². The van der Waals surface area contributed by atoms with Crippen molar-refractivity contribution >= 4 is 22.5 Å². The summed E-state index contributed by atoms with van der Waals surface area (Å²) in [5.41, 5.74) is 3.34. The number of nitrogens with zero attached hydrogens (tertiary/aromatic N) is 5. The fourth-order valence-electron chi connectivity index (χ4n) is 3.38. The summed E-state index contributed by atoms with van der Waals surface area (Å²) < 4.78 is 1.85. The lowest BCUT2D eigenvalue weighted by molar-refractivity contribution is 0.478. The monoisotopic (exact) mass is 334 g/mol. The van der Waals surface area contributed by atoms with Crippen molar-refractivity contribution in [2.45, 2.75) is 18.9 Å². The van der Waals surface area contributed by atoms with E-state index in [0.29, 0.717) is 12.0 Å². The molecule has 126 valence electrons. The number of H-pyrrole nitrogens is 1. The summed E-state index contributed by atoms with van der Waals surface area (Å²) in [5.74, 6) is 0.638. The first-order chi connectivity index (χ1) is 12.4. The highest BCUT2D eigenvalue weighted by Crippen LogP contribution is 2.28. The van der Waals surface area contributed by atoms with Gasteiger partial charge in [-0.3, -0.25) is 5.10 Å². The molecule has 5 rings (SSSR count). The van der Waals surface area contributed by atoms with E-state index in [-0.39, 0.29) is 0 Å². The number of fused-ring (bicyclic) bond motifs is 3. The molecule has 0 amide bonds. The number of rotatable bonds is 3. The van der Waals surface area contributed by atoms with Gasteiger partial charge in [-0.15, -0.1) is 5.10 Å². The molecule has 4 aromatic rings. The standard InChI is InChI=1S/C17H18N8/c1-2-9-25-13(5-1)14-15(22-23-16(14)24-25)12-6-8-19-17(21-12)20-11-4-3-7-18-10-11/h1-2,5-6,8-9,11,18H,3-4,7,10H2,(H,23,24)(H,19,20,21)/t11-/m0/s1. The average Bonchev–Trinajstić information content (AvgIpc) is 3.22. The van der Waals surface area contributed by atoms with E-state index in [0.717, 1.165) is 47.4 Å². The van der Waals surface area contributed by atoms with Gasteiger partial charge < -0.3 is 10.6 Å². The molecule has 25 heavy (non-hydrogen) atoms. The molecular weight excluding hydrogens is 316 g/mol. The second-order valence-corrected chi connectivity index (χ2v) is 6.28. The molecule has 1 aliphatic rings. The highest BCUT2D eigenvalue weighted by molar-refractivity contribution is 6.02. The molecule has 0 unspecified atom stereocenters. The summed E-state index contributed by atoms with van der Waals surface area (Å²) >= 11 is 0. The minimum Gasteiger partial charge on any atom is -0.350 e. The Morgan fingerprint density at radius 1 is 1.24 bits per heavy atom. The van der Waals surface area contributed by atoms with Crippen LogP contribution in [-0.4, -0.2) is 48.9 Å². The minimum absolute atomic E-state index is 0.361. The molecule has 1 aliphatic heterocycles. The van der Waals surface area contributed by atoms with Crippen molar-refractivity contribution in [2.75, 3.05) is 18.4 Å². The van der Waals surface area contributed by atoms with Crippen LogP contribution in [0.1, 0.15) is 12.8 Å². The third-order valence-corrected chi connectivity index (χ3v) is 4.58. The number of hydrogen-bond acceptors (Lipinski definition) is 6. The van der Waals surface area contributed by atoms with E-state index in [1.807, 2.05) is 35.0 Å². The van der Waals surface area contributed by atoms with Crippen LogP contribution in [0.3, 0.4) is 0 Å². The van der Waals surface area contributed by atoms with Crippen molar-refractivity contribution in [2.24, 2.45) is 0 Å². The Morgan fingerprint density at radius 3 is 3.16 bits per heavy atom. The maximum absolute atomic E-state index is 4.68. The minimum atomic E-state index is 0.361. The smallest absolute Gasteiger partial charge is 0.223 e. The van der Waals surface area contributed by atoms with Crippen molar-refractivity contribution < 1.29 is 0 Å². The lowest BCUT2D eigenvalue weighted by Gasteiger charge is -2.23. The van der Waals surface area contributed by atoms with Crippen LogP contribution in [0.2, 0.25) is 0 Å². The van der Waals surface area contributed by atoms with Crippen LogP contribution in [0.4, 0.5) is 5.95 Å². The molecule has 1 fully saturated rings. The van der Waals surface area contributed by atoms with E-state index in [2.05, 4.69) is 35.9 Å². The van der Waals surface area contributed by atoms with Crippen molar-refractivity contribution in [1.82, 2.24) is 35.1 Å². The van der Waals surface area contributed by atoms with E-state index in [1.54, 1.807) is 6.20 Å². The van der Waals surface area contributed by atoms with Crippen LogP contribution < -0.4 is 10.6 Å². The Hall–Kier alpha value is -3.00. The molecule has 0 bridgehead atoms. The molecule has 8 nitrogen and oxygen atoms in total. The van der Waals surface area contributed by atoms with Crippen LogP contribution in [0.15, 0.2) is 36.7 Å². The zero-order valence-corrected chi connectivity index (χ0v) is 13.6. The molecule has 0 saturated carbocycles. The molecule has 0 aromatic carbocycles. The van der Waals surface area contributed by atoms with Crippen molar-refractivity contribution in [3.8, 4) is 11.4 Å². The third kappa shape index (κ3) is 2.51. The van der Waals surface area contributed by atoms with Crippen LogP contribution in [-0.2, 0) is 0 Å². The normalized spacial score (nSPS) is 18.0. The summed E-state index contributed by atoms with van der Waals surface area (Å²) in [6.07, 6.45) is 5.99. The van der Waals surface area contributed by atoms with Gasteiger partial charge in [0.15, 0.2) is 5.65 Å². The molecule has 1 atom stereocenters.